The fourth-order valence-electron chi connectivity index (χ4n) is 2.15. The Balaban J connectivity index is 2.24. The Hall–Kier alpha value is -1.89. The molecule has 4 nitrogen and oxygen atoms in total. The summed E-state index contributed by atoms with van der Waals surface area (Å²) in [6, 6.07) is 2.43. The Labute approximate surface area is 87.2 Å². The van der Waals surface area contributed by atoms with Gasteiger partial charge in [0.05, 0.1) is 29.6 Å². The van der Waals surface area contributed by atoms with E-state index in [1.807, 2.05) is 10.6 Å². The van der Waals surface area contributed by atoms with Gasteiger partial charge in [0, 0.05) is 12.4 Å². The van der Waals surface area contributed by atoms with Crippen molar-refractivity contribution < 1.29 is 0 Å². The zero-order chi connectivity index (χ0) is 10.3. The molecule has 2 aromatic rings. The molecule has 1 aliphatic carbocycles. The highest BCUT2D eigenvalue weighted by atomic mass is 15.0. The summed E-state index contributed by atoms with van der Waals surface area (Å²) in [5.74, 6) is 0. The van der Waals surface area contributed by atoms with Crippen LogP contribution in [-0.4, -0.2) is 14.4 Å². The predicted octanol–water partition coefficient (Wildman–Crippen LogP) is 1.67. The van der Waals surface area contributed by atoms with Gasteiger partial charge in [-0.05, 0) is 19.3 Å². The van der Waals surface area contributed by atoms with Crippen molar-refractivity contribution in [3.05, 3.63) is 30.5 Å². The molecule has 0 radical (unpaired) electrons. The van der Waals surface area contributed by atoms with E-state index in [1.165, 1.54) is 0 Å². The summed E-state index contributed by atoms with van der Waals surface area (Å²) in [4.78, 5) is 8.28. The molecule has 0 spiro atoms. The molecule has 4 heteroatoms. The van der Waals surface area contributed by atoms with Gasteiger partial charge in [-0.15, -0.1) is 0 Å². The van der Waals surface area contributed by atoms with Gasteiger partial charge >= 0.3 is 0 Å². The van der Waals surface area contributed by atoms with Crippen molar-refractivity contribution in [1.29, 1.82) is 5.26 Å². The summed E-state index contributed by atoms with van der Waals surface area (Å²) in [6.45, 7) is 0. The fourth-order valence-corrected chi connectivity index (χ4v) is 2.15. The number of fused-ring (bicyclic) bond motifs is 1. The maximum absolute atomic E-state index is 9.26. The number of rotatable bonds is 1. The lowest BCUT2D eigenvalue weighted by Crippen LogP contribution is -2.33. The van der Waals surface area contributed by atoms with Crippen LogP contribution in [0, 0.1) is 11.3 Å². The third kappa shape index (κ3) is 1.00. The Morgan fingerprint density at radius 3 is 2.93 bits per heavy atom. The fraction of sp³-hybridized carbons (Fsp3) is 0.364. The van der Waals surface area contributed by atoms with Crippen LogP contribution in [0.1, 0.15) is 25.0 Å². The largest absolute Gasteiger partial charge is 0.300 e. The third-order valence-electron chi connectivity index (χ3n) is 3.23. The molecule has 1 saturated carbocycles. The lowest BCUT2D eigenvalue weighted by molar-refractivity contribution is 0.314. The normalized spacial score (nSPS) is 18.3. The smallest absolute Gasteiger partial charge is 0.155 e. The van der Waals surface area contributed by atoms with E-state index in [1.54, 1.807) is 18.6 Å². The standard InChI is InChI=1S/C11H10N4/c12-8-11(2-1-3-11)9-6-14-10-7-13-4-5-15(9)10/h4-7H,1-3H2. The minimum Gasteiger partial charge on any atom is -0.300 e. The number of nitrogens with zero attached hydrogens (tertiary/aromatic N) is 4. The summed E-state index contributed by atoms with van der Waals surface area (Å²) in [6.07, 6.45) is 10.1. The summed E-state index contributed by atoms with van der Waals surface area (Å²) >= 11 is 0. The van der Waals surface area contributed by atoms with E-state index in [4.69, 9.17) is 0 Å². The van der Waals surface area contributed by atoms with E-state index in [0.717, 1.165) is 30.6 Å². The summed E-state index contributed by atoms with van der Waals surface area (Å²) in [5, 5.41) is 9.26. The molecule has 0 N–H and O–H groups in total. The van der Waals surface area contributed by atoms with Gasteiger partial charge in [0.2, 0.25) is 0 Å². The van der Waals surface area contributed by atoms with Crippen molar-refractivity contribution >= 4 is 5.65 Å². The Bertz CT molecular complexity index is 545. The van der Waals surface area contributed by atoms with Crippen LogP contribution in [0.2, 0.25) is 0 Å². The van der Waals surface area contributed by atoms with Crippen LogP contribution in [0.25, 0.3) is 5.65 Å². The topological polar surface area (TPSA) is 54.0 Å². The maximum atomic E-state index is 9.26. The molecule has 2 aromatic heterocycles. The molecular weight excluding hydrogens is 188 g/mol. The maximum Gasteiger partial charge on any atom is 0.155 e. The highest BCUT2D eigenvalue weighted by Gasteiger charge is 2.41. The summed E-state index contributed by atoms with van der Waals surface area (Å²) in [5.41, 5.74) is 1.52. The molecule has 0 unspecified atom stereocenters. The lowest BCUT2D eigenvalue weighted by Gasteiger charge is -2.34. The van der Waals surface area contributed by atoms with Gasteiger partial charge in [0.15, 0.2) is 5.65 Å². The van der Waals surface area contributed by atoms with Crippen LogP contribution in [0.5, 0.6) is 0 Å². The van der Waals surface area contributed by atoms with Crippen LogP contribution < -0.4 is 0 Å². The van der Waals surface area contributed by atoms with E-state index >= 15 is 0 Å². The van der Waals surface area contributed by atoms with Crippen molar-refractivity contribution in [2.75, 3.05) is 0 Å². The molecule has 15 heavy (non-hydrogen) atoms. The molecule has 0 amide bonds. The van der Waals surface area contributed by atoms with Crippen LogP contribution >= 0.6 is 0 Å². The number of hydrogen-bond acceptors (Lipinski definition) is 3. The first-order valence-corrected chi connectivity index (χ1v) is 5.05. The van der Waals surface area contributed by atoms with Crippen LogP contribution in [-0.2, 0) is 5.41 Å². The molecule has 0 aromatic carbocycles. The minimum absolute atomic E-state index is 0.305. The second-order valence-electron chi connectivity index (χ2n) is 4.00. The second-order valence-corrected chi connectivity index (χ2v) is 4.00. The van der Waals surface area contributed by atoms with E-state index in [2.05, 4.69) is 16.0 Å². The van der Waals surface area contributed by atoms with Crippen LogP contribution in [0.4, 0.5) is 0 Å². The van der Waals surface area contributed by atoms with E-state index in [-0.39, 0.29) is 5.41 Å². The average molecular weight is 198 g/mol. The van der Waals surface area contributed by atoms with Gasteiger partial charge in [0.25, 0.3) is 0 Å². The first-order chi connectivity index (χ1) is 7.36. The number of hydrogen-bond donors (Lipinski definition) is 0. The molecule has 1 aliphatic rings. The first-order valence-electron chi connectivity index (χ1n) is 5.05. The second kappa shape index (κ2) is 2.80. The quantitative estimate of drug-likeness (QED) is 0.700. The zero-order valence-corrected chi connectivity index (χ0v) is 8.22. The van der Waals surface area contributed by atoms with Gasteiger partial charge in [-0.1, -0.05) is 0 Å². The number of aromatic nitrogens is 3. The number of imidazole rings is 1. The SMILES string of the molecule is N#CC1(c2cnc3cnccn23)CCC1. The van der Waals surface area contributed by atoms with Crippen LogP contribution in [0.15, 0.2) is 24.8 Å². The van der Waals surface area contributed by atoms with E-state index < -0.39 is 0 Å². The van der Waals surface area contributed by atoms with Crippen molar-refractivity contribution in [3.63, 3.8) is 0 Å². The van der Waals surface area contributed by atoms with Crippen molar-refractivity contribution in [2.24, 2.45) is 0 Å². The number of nitriles is 1. The molecule has 1 fully saturated rings. The molecule has 0 atom stereocenters. The van der Waals surface area contributed by atoms with Gasteiger partial charge in [-0.2, -0.15) is 5.26 Å². The van der Waals surface area contributed by atoms with Gasteiger partial charge in [0.1, 0.15) is 0 Å². The predicted molar refractivity (Wildman–Crippen MR) is 54.1 cm³/mol. The highest BCUT2D eigenvalue weighted by molar-refractivity contribution is 5.42. The molecule has 0 saturated heterocycles. The zero-order valence-electron chi connectivity index (χ0n) is 8.22. The van der Waals surface area contributed by atoms with Gasteiger partial charge in [-0.25, -0.2) is 4.98 Å². The monoisotopic (exact) mass is 198 g/mol. The highest BCUT2D eigenvalue weighted by Crippen LogP contribution is 2.42. The minimum atomic E-state index is -0.305. The van der Waals surface area contributed by atoms with Crippen molar-refractivity contribution in [1.82, 2.24) is 14.4 Å². The first kappa shape index (κ1) is 8.42. The lowest BCUT2D eigenvalue weighted by atomic mass is 9.68. The average Bonchev–Trinajstić information content (AvgIpc) is 2.62. The van der Waals surface area contributed by atoms with Crippen LogP contribution in [0.3, 0.4) is 0 Å². The summed E-state index contributed by atoms with van der Waals surface area (Å²) < 4.78 is 1.97. The van der Waals surface area contributed by atoms with E-state index in [9.17, 15) is 5.26 Å². The third-order valence-corrected chi connectivity index (χ3v) is 3.23. The molecule has 0 aliphatic heterocycles. The molecular formula is C11H10N4. The molecule has 0 bridgehead atoms. The van der Waals surface area contributed by atoms with Gasteiger partial charge < -0.3 is 0 Å². The van der Waals surface area contributed by atoms with Gasteiger partial charge in [-0.3, -0.25) is 9.38 Å². The summed E-state index contributed by atoms with van der Waals surface area (Å²) in [7, 11) is 0. The molecule has 74 valence electrons. The van der Waals surface area contributed by atoms with Crippen molar-refractivity contribution in [2.45, 2.75) is 24.7 Å². The van der Waals surface area contributed by atoms with E-state index in [0.29, 0.717) is 0 Å². The molecule has 2 heterocycles. The Kier molecular flexibility index (Phi) is 1.57. The molecule has 3 rings (SSSR count). The van der Waals surface area contributed by atoms with Crippen molar-refractivity contribution in [3.8, 4) is 6.07 Å². The Morgan fingerprint density at radius 2 is 2.27 bits per heavy atom. The Morgan fingerprint density at radius 1 is 1.40 bits per heavy atom.